The van der Waals surface area contributed by atoms with E-state index in [1.54, 1.807) is 6.92 Å². The van der Waals surface area contributed by atoms with Gasteiger partial charge in [-0.05, 0) is 32.0 Å². The number of benzene rings is 2. The third kappa shape index (κ3) is 4.38. The number of aryl methyl sites for hydroxylation is 1. The molecule has 0 aliphatic heterocycles. The Morgan fingerprint density at radius 2 is 1.70 bits per heavy atom. The van der Waals surface area contributed by atoms with Crippen LogP contribution in [0.15, 0.2) is 65.6 Å². The van der Waals surface area contributed by atoms with Crippen LogP contribution in [0, 0.1) is 17.0 Å². The normalized spacial score (nSPS) is 12.0. The van der Waals surface area contributed by atoms with E-state index < -0.39 is 38.6 Å². The van der Waals surface area contributed by atoms with Crippen molar-refractivity contribution in [3.05, 3.63) is 81.9 Å². The van der Waals surface area contributed by atoms with E-state index in [0.29, 0.717) is 4.31 Å². The first-order chi connectivity index (χ1) is 14.0. The Morgan fingerprint density at radius 1 is 1.13 bits per heavy atom. The van der Waals surface area contributed by atoms with Crippen LogP contribution in [0.2, 0.25) is 0 Å². The van der Waals surface area contributed by atoms with Crippen LogP contribution in [0.3, 0.4) is 0 Å². The summed E-state index contributed by atoms with van der Waals surface area (Å²) in [6.07, 6.45) is -1.32. The number of hydrogen-bond acceptors (Lipinski definition) is 7. The number of ketones is 1. The van der Waals surface area contributed by atoms with Crippen LogP contribution in [0.5, 0.6) is 0 Å². The van der Waals surface area contributed by atoms with E-state index in [-0.39, 0.29) is 16.0 Å². The van der Waals surface area contributed by atoms with E-state index in [4.69, 9.17) is 0 Å². The van der Waals surface area contributed by atoms with Crippen LogP contribution in [0.4, 0.5) is 10.5 Å². The molecule has 158 valence electrons. The Balaban J connectivity index is 2.84. The van der Waals surface area contributed by atoms with Crippen molar-refractivity contribution in [3.63, 3.8) is 0 Å². The molecule has 0 aromatic heterocycles. The Morgan fingerprint density at radius 3 is 2.20 bits per heavy atom. The molecule has 0 radical (unpaired) electrons. The summed E-state index contributed by atoms with van der Waals surface area (Å²) in [5.41, 5.74) is -0.214. The first-order valence-corrected chi connectivity index (χ1v) is 10.1. The largest absolute Gasteiger partial charge is 0.452 e. The Kier molecular flexibility index (Phi) is 6.73. The minimum atomic E-state index is -4.57. The molecule has 0 fully saturated rings. The average Bonchev–Trinajstić information content (AvgIpc) is 2.70. The average molecular weight is 432 g/mol. The number of methoxy groups -OCH3 is 1. The second kappa shape index (κ2) is 8.87. The van der Waals surface area contributed by atoms with Crippen molar-refractivity contribution in [1.82, 2.24) is 4.31 Å². The highest BCUT2D eigenvalue weighted by molar-refractivity contribution is 7.89. The van der Waals surface area contributed by atoms with Crippen LogP contribution in [-0.4, -0.2) is 36.6 Å². The molecule has 0 saturated heterocycles. The number of nitro groups is 1. The van der Waals surface area contributed by atoms with E-state index in [0.717, 1.165) is 25.7 Å². The molecule has 0 unspecified atom stereocenters. The van der Waals surface area contributed by atoms with Crippen LogP contribution in [0.25, 0.3) is 0 Å². The van der Waals surface area contributed by atoms with Gasteiger partial charge >= 0.3 is 6.09 Å². The van der Waals surface area contributed by atoms with Gasteiger partial charge in [0.25, 0.3) is 15.7 Å². The summed E-state index contributed by atoms with van der Waals surface area (Å²) in [7, 11) is -3.61. The third-order valence-electron chi connectivity index (χ3n) is 4.38. The molecule has 2 aromatic rings. The van der Waals surface area contributed by atoms with Crippen LogP contribution in [0.1, 0.15) is 24.1 Å². The van der Waals surface area contributed by atoms with Gasteiger partial charge in [-0.25, -0.2) is 13.2 Å². The lowest BCUT2D eigenvalue weighted by Crippen LogP contribution is -2.41. The Bertz CT molecular complexity index is 1110. The molecule has 0 N–H and O–H groups in total. The molecule has 0 aliphatic rings. The highest BCUT2D eigenvalue weighted by Gasteiger charge is 2.42. The molecule has 2 rings (SSSR count). The molecule has 2 aromatic carbocycles. The van der Waals surface area contributed by atoms with Crippen molar-refractivity contribution in [2.75, 3.05) is 7.11 Å². The van der Waals surface area contributed by atoms with Crippen molar-refractivity contribution in [3.8, 4) is 0 Å². The number of sulfonamides is 1. The molecule has 0 heterocycles. The van der Waals surface area contributed by atoms with E-state index in [2.05, 4.69) is 11.3 Å². The standard InChI is InChI=1S/C20H20N2O7S/c1-13-9-11-16(12-10-13)30(27,28)21(20(24)29-4)19(14(2)15(3)23)17-7-5-6-8-18(17)22(25)26/h5-12,19H,2H2,1,3-4H3/t19-/m1/s1. The monoisotopic (exact) mass is 432 g/mol. The molecule has 0 aliphatic carbocycles. The van der Waals surface area contributed by atoms with Gasteiger partial charge in [0.2, 0.25) is 0 Å². The zero-order valence-corrected chi connectivity index (χ0v) is 17.4. The van der Waals surface area contributed by atoms with E-state index >= 15 is 0 Å². The lowest BCUT2D eigenvalue weighted by molar-refractivity contribution is -0.385. The van der Waals surface area contributed by atoms with Crippen molar-refractivity contribution in [1.29, 1.82) is 0 Å². The molecule has 10 heteroatoms. The topological polar surface area (TPSA) is 124 Å². The van der Waals surface area contributed by atoms with Crippen molar-refractivity contribution < 1.29 is 27.7 Å². The summed E-state index contributed by atoms with van der Waals surface area (Å²) >= 11 is 0. The number of hydrogen-bond donors (Lipinski definition) is 0. The molecule has 1 amide bonds. The smallest absolute Gasteiger partial charge is 0.424 e. The quantitative estimate of drug-likeness (QED) is 0.372. The van der Waals surface area contributed by atoms with Gasteiger partial charge in [-0.3, -0.25) is 14.9 Å². The van der Waals surface area contributed by atoms with Gasteiger partial charge in [0.05, 0.1) is 22.5 Å². The highest BCUT2D eigenvalue weighted by Crippen LogP contribution is 2.38. The van der Waals surface area contributed by atoms with E-state index in [9.17, 15) is 28.1 Å². The van der Waals surface area contributed by atoms with Crippen molar-refractivity contribution >= 4 is 27.6 Å². The van der Waals surface area contributed by atoms with Crippen LogP contribution < -0.4 is 0 Å². The third-order valence-corrected chi connectivity index (χ3v) is 6.12. The van der Waals surface area contributed by atoms with Crippen LogP contribution in [-0.2, 0) is 19.6 Å². The van der Waals surface area contributed by atoms with Crippen molar-refractivity contribution in [2.45, 2.75) is 24.8 Å². The number of nitrogens with zero attached hydrogens (tertiary/aromatic N) is 2. The number of carbonyl (C=O) groups excluding carboxylic acids is 2. The van der Waals surface area contributed by atoms with Crippen LogP contribution >= 0.6 is 0 Å². The van der Waals surface area contributed by atoms with Gasteiger partial charge in [0, 0.05) is 11.6 Å². The second-order valence-electron chi connectivity index (χ2n) is 6.38. The molecular formula is C20H20N2O7S. The lowest BCUT2D eigenvalue weighted by Gasteiger charge is -2.30. The SMILES string of the molecule is C=C(C(C)=O)[C@H](c1ccccc1[N+](=O)[O-])N(C(=O)OC)S(=O)(=O)c1ccc(C)cc1. The number of rotatable bonds is 7. The molecule has 0 saturated carbocycles. The first-order valence-electron chi connectivity index (χ1n) is 8.64. The molecule has 1 atom stereocenters. The summed E-state index contributed by atoms with van der Waals surface area (Å²) in [4.78, 5) is 35.3. The molecule has 0 bridgehead atoms. The number of carbonyl (C=O) groups is 2. The summed E-state index contributed by atoms with van der Waals surface area (Å²) in [6.45, 7) is 6.48. The first kappa shape index (κ1) is 22.8. The zero-order chi connectivity index (χ0) is 22.6. The van der Waals surface area contributed by atoms with Gasteiger partial charge < -0.3 is 4.74 Å². The van der Waals surface area contributed by atoms with Gasteiger partial charge in [0.15, 0.2) is 5.78 Å². The van der Waals surface area contributed by atoms with Gasteiger partial charge in [-0.15, -0.1) is 0 Å². The molecule has 30 heavy (non-hydrogen) atoms. The Labute approximate surface area is 173 Å². The van der Waals surface area contributed by atoms with Crippen molar-refractivity contribution in [2.24, 2.45) is 0 Å². The number of ether oxygens (including phenoxy) is 1. The maximum Gasteiger partial charge on any atom is 0.424 e. The lowest BCUT2D eigenvalue weighted by atomic mass is 9.96. The summed E-state index contributed by atoms with van der Waals surface area (Å²) in [6, 6.07) is 9.16. The number of amides is 1. The minimum Gasteiger partial charge on any atom is -0.452 e. The highest BCUT2D eigenvalue weighted by atomic mass is 32.2. The second-order valence-corrected chi connectivity index (χ2v) is 8.20. The van der Waals surface area contributed by atoms with Gasteiger partial charge in [-0.2, -0.15) is 4.31 Å². The van der Waals surface area contributed by atoms with Gasteiger partial charge in [-0.1, -0.05) is 36.4 Å². The maximum atomic E-state index is 13.4. The summed E-state index contributed by atoms with van der Waals surface area (Å²) in [5, 5.41) is 11.5. The minimum absolute atomic E-state index is 0.191. The van der Waals surface area contributed by atoms with Gasteiger partial charge in [0.1, 0.15) is 6.04 Å². The maximum absolute atomic E-state index is 13.4. The molecular weight excluding hydrogens is 412 g/mol. The predicted molar refractivity (Wildman–Crippen MR) is 108 cm³/mol. The zero-order valence-electron chi connectivity index (χ0n) is 16.6. The number of para-hydroxylation sites is 1. The Hall–Kier alpha value is -3.53. The summed E-state index contributed by atoms with van der Waals surface area (Å²) in [5.74, 6) is -0.647. The number of nitro benzene ring substituents is 1. The number of Topliss-reactive ketones (excluding diaryl/α,β-unsaturated/α-hetero) is 1. The summed E-state index contributed by atoms with van der Waals surface area (Å²) < 4.78 is 31.7. The fraction of sp³-hybridized carbons (Fsp3) is 0.200. The molecule has 0 spiro atoms. The van der Waals surface area contributed by atoms with E-state index in [1.807, 2.05) is 0 Å². The fourth-order valence-corrected chi connectivity index (χ4v) is 4.29. The predicted octanol–water partition coefficient (Wildman–Crippen LogP) is 3.55. The fourth-order valence-electron chi connectivity index (χ4n) is 2.79. The van der Waals surface area contributed by atoms with E-state index in [1.165, 1.54) is 42.5 Å². The molecule has 9 nitrogen and oxygen atoms in total.